The second-order valence-electron chi connectivity index (χ2n) is 7.04. The molecule has 0 radical (unpaired) electrons. The molecule has 144 valence electrons. The van der Waals surface area contributed by atoms with Gasteiger partial charge in [0, 0.05) is 10.9 Å². The van der Waals surface area contributed by atoms with Crippen LogP contribution in [0.4, 0.5) is 0 Å². The van der Waals surface area contributed by atoms with E-state index in [2.05, 4.69) is 4.98 Å². The zero-order valence-electron chi connectivity index (χ0n) is 15.9. The van der Waals surface area contributed by atoms with Crippen LogP contribution in [0.2, 0.25) is 0 Å². The zero-order chi connectivity index (χ0) is 19.5. The lowest BCUT2D eigenvalue weighted by Crippen LogP contribution is -2.12. The summed E-state index contributed by atoms with van der Waals surface area (Å²) in [4.78, 5) is 16.3. The molecule has 0 bridgehead atoms. The van der Waals surface area contributed by atoms with Gasteiger partial charge in [0.1, 0.15) is 5.75 Å². The standard InChI is InChI=1S/C18H16N2O2.C5H8O/c1-2-22-13-9-7-12(8-10-13)17-11-15(18(19)21)14-5-3-4-6-16(14)20-17;1-2-4-5(3-1)6-4/h3-11H,2H2,1H3,(H2,19,21);4-5H,1-3H2/t;4-,5?/m.0/s1. The number of rotatable bonds is 4. The number of carbonyl (C=O) groups is 1. The van der Waals surface area contributed by atoms with Gasteiger partial charge in [-0.25, -0.2) is 4.98 Å². The van der Waals surface area contributed by atoms with Crippen LogP contribution in [0.15, 0.2) is 54.6 Å². The number of carbonyl (C=O) groups excluding carboxylic acids is 1. The molecule has 28 heavy (non-hydrogen) atoms. The Labute approximate surface area is 164 Å². The predicted molar refractivity (Wildman–Crippen MR) is 109 cm³/mol. The number of nitrogens with zero attached hydrogens (tertiary/aromatic N) is 1. The summed E-state index contributed by atoms with van der Waals surface area (Å²) in [6, 6.07) is 16.8. The van der Waals surface area contributed by atoms with Crippen LogP contribution < -0.4 is 10.5 Å². The van der Waals surface area contributed by atoms with E-state index in [0.29, 0.717) is 24.4 Å². The number of ether oxygens (including phenoxy) is 2. The molecule has 2 aliphatic rings. The van der Waals surface area contributed by atoms with Gasteiger partial charge in [0.15, 0.2) is 0 Å². The normalized spacial score (nSPS) is 19.5. The van der Waals surface area contributed by atoms with Crippen molar-refractivity contribution in [2.24, 2.45) is 5.73 Å². The third-order valence-electron chi connectivity index (χ3n) is 5.11. The number of nitrogens with two attached hydrogens (primary N) is 1. The molecule has 1 unspecified atom stereocenters. The minimum Gasteiger partial charge on any atom is -0.494 e. The number of hydrogen-bond acceptors (Lipinski definition) is 4. The van der Waals surface area contributed by atoms with Crippen molar-refractivity contribution in [2.75, 3.05) is 6.61 Å². The van der Waals surface area contributed by atoms with Gasteiger partial charge in [0.25, 0.3) is 0 Å². The number of epoxide rings is 1. The molecule has 2 heterocycles. The van der Waals surface area contributed by atoms with Gasteiger partial charge in [-0.15, -0.1) is 0 Å². The molecule has 2 fully saturated rings. The number of fused-ring (bicyclic) bond motifs is 2. The van der Waals surface area contributed by atoms with Gasteiger partial charge in [-0.3, -0.25) is 4.79 Å². The molecule has 5 rings (SSSR count). The van der Waals surface area contributed by atoms with E-state index in [4.69, 9.17) is 15.2 Å². The Kier molecular flexibility index (Phi) is 5.26. The number of amides is 1. The first-order valence-electron chi connectivity index (χ1n) is 9.74. The van der Waals surface area contributed by atoms with Crippen LogP contribution in [0.3, 0.4) is 0 Å². The van der Waals surface area contributed by atoms with Gasteiger partial charge in [0.05, 0.1) is 35.6 Å². The van der Waals surface area contributed by atoms with Gasteiger partial charge in [-0.2, -0.15) is 0 Å². The smallest absolute Gasteiger partial charge is 0.249 e. The molecule has 5 heteroatoms. The summed E-state index contributed by atoms with van der Waals surface area (Å²) in [6.45, 7) is 2.57. The fourth-order valence-electron chi connectivity index (χ4n) is 3.62. The monoisotopic (exact) mass is 376 g/mol. The Morgan fingerprint density at radius 1 is 1.14 bits per heavy atom. The van der Waals surface area contributed by atoms with Crippen LogP contribution in [-0.4, -0.2) is 29.7 Å². The second-order valence-corrected chi connectivity index (χ2v) is 7.04. The van der Waals surface area contributed by atoms with Gasteiger partial charge in [-0.1, -0.05) is 18.2 Å². The van der Waals surface area contributed by atoms with Gasteiger partial charge < -0.3 is 15.2 Å². The van der Waals surface area contributed by atoms with Crippen LogP contribution in [0, 0.1) is 0 Å². The summed E-state index contributed by atoms with van der Waals surface area (Å²) in [5.41, 5.74) is 8.37. The SMILES string of the molecule is C1CC2O[C@H]2C1.CCOc1ccc(-c2cc(C(N)=O)c3ccccc3n2)cc1. The van der Waals surface area contributed by atoms with Crippen molar-refractivity contribution >= 4 is 16.8 Å². The van der Waals surface area contributed by atoms with E-state index in [9.17, 15) is 4.79 Å². The molecule has 2 N–H and O–H groups in total. The highest BCUT2D eigenvalue weighted by Gasteiger charge is 2.42. The lowest BCUT2D eigenvalue weighted by molar-refractivity contribution is 0.100. The zero-order valence-corrected chi connectivity index (χ0v) is 15.9. The van der Waals surface area contributed by atoms with Crippen LogP contribution in [0.5, 0.6) is 5.75 Å². The first-order chi connectivity index (χ1) is 13.7. The molecule has 1 amide bonds. The van der Waals surface area contributed by atoms with E-state index in [1.165, 1.54) is 19.3 Å². The highest BCUT2D eigenvalue weighted by atomic mass is 16.6. The summed E-state index contributed by atoms with van der Waals surface area (Å²) in [5.74, 6) is 0.355. The highest BCUT2D eigenvalue weighted by Crippen LogP contribution is 2.37. The summed E-state index contributed by atoms with van der Waals surface area (Å²) >= 11 is 0. The molecular weight excluding hydrogens is 352 g/mol. The van der Waals surface area contributed by atoms with E-state index >= 15 is 0 Å². The van der Waals surface area contributed by atoms with E-state index in [1.807, 2.05) is 55.5 Å². The Morgan fingerprint density at radius 3 is 2.43 bits per heavy atom. The number of benzene rings is 2. The Hall–Kier alpha value is -2.92. The van der Waals surface area contributed by atoms with E-state index in [-0.39, 0.29) is 0 Å². The minimum absolute atomic E-state index is 0.453. The summed E-state index contributed by atoms with van der Waals surface area (Å²) in [6.07, 6.45) is 5.51. The molecule has 5 nitrogen and oxygen atoms in total. The first-order valence-corrected chi connectivity index (χ1v) is 9.74. The van der Waals surface area contributed by atoms with Crippen LogP contribution in [0.1, 0.15) is 36.5 Å². The Balaban J connectivity index is 0.000000268. The average Bonchev–Trinajstić information content (AvgIpc) is 3.33. The molecule has 3 aromatic rings. The van der Waals surface area contributed by atoms with Crippen LogP contribution in [-0.2, 0) is 4.74 Å². The maximum absolute atomic E-state index is 11.7. The van der Waals surface area contributed by atoms with Crippen molar-refractivity contribution in [2.45, 2.75) is 38.4 Å². The van der Waals surface area contributed by atoms with Crippen molar-refractivity contribution in [3.63, 3.8) is 0 Å². The third kappa shape index (κ3) is 3.99. The number of para-hydroxylation sites is 1. The number of aromatic nitrogens is 1. The number of hydrogen-bond donors (Lipinski definition) is 1. The Morgan fingerprint density at radius 2 is 1.86 bits per heavy atom. The van der Waals surface area contributed by atoms with Crippen molar-refractivity contribution in [3.05, 3.63) is 60.2 Å². The highest BCUT2D eigenvalue weighted by molar-refractivity contribution is 6.06. The van der Waals surface area contributed by atoms with Crippen molar-refractivity contribution < 1.29 is 14.3 Å². The molecular formula is C23H24N2O3. The van der Waals surface area contributed by atoms with Gasteiger partial charge in [-0.05, 0) is 62.6 Å². The van der Waals surface area contributed by atoms with Crippen molar-refractivity contribution in [3.8, 4) is 17.0 Å². The summed E-state index contributed by atoms with van der Waals surface area (Å²) in [5, 5.41) is 0.768. The maximum atomic E-state index is 11.7. The van der Waals surface area contributed by atoms with Crippen LogP contribution in [0.25, 0.3) is 22.2 Å². The second kappa shape index (κ2) is 7.98. The number of pyridine rings is 1. The van der Waals surface area contributed by atoms with Crippen molar-refractivity contribution in [1.29, 1.82) is 0 Å². The molecule has 2 atom stereocenters. The largest absolute Gasteiger partial charge is 0.494 e. The average molecular weight is 376 g/mol. The van der Waals surface area contributed by atoms with E-state index < -0.39 is 5.91 Å². The lowest BCUT2D eigenvalue weighted by atomic mass is 10.0. The fraction of sp³-hybridized carbons (Fsp3) is 0.304. The van der Waals surface area contributed by atoms with E-state index in [0.717, 1.165) is 27.9 Å². The Bertz CT molecular complexity index is 977. The first kappa shape index (κ1) is 18.4. The van der Waals surface area contributed by atoms with Gasteiger partial charge >= 0.3 is 0 Å². The maximum Gasteiger partial charge on any atom is 0.249 e. The topological polar surface area (TPSA) is 77.7 Å². The molecule has 1 aromatic heterocycles. The summed E-state index contributed by atoms with van der Waals surface area (Å²) < 4.78 is 10.6. The van der Waals surface area contributed by atoms with E-state index in [1.54, 1.807) is 6.07 Å². The molecule has 2 aromatic carbocycles. The van der Waals surface area contributed by atoms with Crippen molar-refractivity contribution in [1.82, 2.24) is 4.98 Å². The number of primary amides is 1. The lowest BCUT2D eigenvalue weighted by Gasteiger charge is -2.08. The molecule has 1 aliphatic carbocycles. The quantitative estimate of drug-likeness (QED) is 0.687. The summed E-state index contributed by atoms with van der Waals surface area (Å²) in [7, 11) is 0. The molecule has 1 saturated heterocycles. The third-order valence-corrected chi connectivity index (χ3v) is 5.11. The molecule has 1 saturated carbocycles. The molecule has 0 spiro atoms. The van der Waals surface area contributed by atoms with Gasteiger partial charge in [0.2, 0.25) is 5.91 Å². The minimum atomic E-state index is -0.453. The van der Waals surface area contributed by atoms with Crippen LogP contribution >= 0.6 is 0 Å². The fourth-order valence-corrected chi connectivity index (χ4v) is 3.62. The molecule has 1 aliphatic heterocycles. The predicted octanol–water partition coefficient (Wildman–Crippen LogP) is 4.34.